The molecular weight excluding hydrogens is 309 g/mol. The predicted molar refractivity (Wildman–Crippen MR) is 55.4 cm³/mol. The molecule has 5 heteroatoms. The van der Waals surface area contributed by atoms with E-state index in [0.717, 1.165) is 0 Å². The van der Waals surface area contributed by atoms with Gasteiger partial charge in [0.2, 0.25) is 0 Å². The molecule has 0 saturated heterocycles. The Morgan fingerprint density at radius 1 is 1.14 bits per heavy atom. The van der Waals surface area contributed by atoms with Crippen LogP contribution in [0.4, 0.5) is 0 Å². The third-order valence-corrected chi connectivity index (χ3v) is 2.54. The number of carboxylic acids is 2. The summed E-state index contributed by atoms with van der Waals surface area (Å²) in [6.07, 6.45) is 0.0845. The predicted octanol–water partition coefficient (Wildman–Crippen LogP) is 1.44. The molecule has 80 valence electrons. The first-order valence-electron chi connectivity index (χ1n) is 4.17. The summed E-state index contributed by atoms with van der Waals surface area (Å²) >= 11 is 0. The van der Waals surface area contributed by atoms with Crippen LogP contribution in [0.15, 0.2) is 0 Å². The van der Waals surface area contributed by atoms with Gasteiger partial charge in [0, 0.05) is 0 Å². The second kappa shape index (κ2) is 5.56. The minimum atomic E-state index is -1.69. The average molecular weight is 328 g/mol. The minimum Gasteiger partial charge on any atom is -1.00 e. The maximum Gasteiger partial charge on any atom is 2.00 e. The van der Waals surface area contributed by atoms with Crippen molar-refractivity contribution in [2.75, 3.05) is 0 Å². The maximum absolute atomic E-state index is 11.0. The fraction of sp³-hybridized carbons (Fsp3) is 0.778. The van der Waals surface area contributed by atoms with E-state index in [9.17, 15) is 9.59 Å². The van der Waals surface area contributed by atoms with E-state index in [1.807, 2.05) is 0 Å². The molecule has 0 aliphatic rings. The van der Waals surface area contributed by atoms with Gasteiger partial charge in [0.25, 0.3) is 0 Å². The molecule has 14 heavy (non-hydrogen) atoms. The number of hydrogen-bond donors (Lipinski definition) is 2. The van der Waals surface area contributed by atoms with Crippen LogP contribution >= 0.6 is 0 Å². The minimum absolute atomic E-state index is 0. The van der Waals surface area contributed by atoms with Gasteiger partial charge in [-0.25, -0.2) is 0 Å². The zero-order chi connectivity index (χ0) is 10.9. The Balaban J connectivity index is -0.000000240. The second-order valence-corrected chi connectivity index (χ2v) is 4.12. The molecule has 0 aromatic rings. The van der Waals surface area contributed by atoms with E-state index < -0.39 is 22.8 Å². The largest absolute Gasteiger partial charge is 2.00 e. The van der Waals surface area contributed by atoms with E-state index in [1.54, 1.807) is 27.7 Å². The molecule has 0 aliphatic carbocycles. The number of hydrogen-bond acceptors (Lipinski definition) is 2. The monoisotopic (exact) mass is 328 g/mol. The Morgan fingerprint density at radius 3 is 1.43 bits per heavy atom. The summed E-state index contributed by atoms with van der Waals surface area (Å²) in [6.45, 7) is 6.45. The molecule has 0 fully saturated rings. The molecule has 2 N–H and O–H groups in total. The van der Waals surface area contributed by atoms with E-state index in [4.69, 9.17) is 10.2 Å². The van der Waals surface area contributed by atoms with Gasteiger partial charge in [-0.2, -0.15) is 0 Å². The Morgan fingerprint density at radius 2 is 1.43 bits per heavy atom. The van der Waals surface area contributed by atoms with Gasteiger partial charge < -0.3 is 13.1 Å². The van der Waals surface area contributed by atoms with Gasteiger partial charge in [-0.1, -0.05) is 27.7 Å². The fourth-order valence-corrected chi connectivity index (χ4v) is 1.57. The second-order valence-electron chi connectivity index (χ2n) is 4.12. The van der Waals surface area contributed by atoms with Crippen molar-refractivity contribution in [2.24, 2.45) is 10.8 Å². The summed E-state index contributed by atoms with van der Waals surface area (Å²) in [4.78, 5) is 21.9. The van der Waals surface area contributed by atoms with Crippen molar-refractivity contribution < 1.29 is 22.7 Å². The standard InChI is InChI=1S/C9H16O4.Ba.2H/c1-5-9(6(10)11,7(12)13)8(2,3)4;;;/h5H2,1-4H3,(H,10,11)(H,12,13);;;/q;+2;2*-1. The van der Waals surface area contributed by atoms with Crippen molar-refractivity contribution in [3.8, 4) is 0 Å². The molecule has 0 aliphatic heterocycles. The van der Waals surface area contributed by atoms with E-state index in [-0.39, 0.29) is 58.2 Å². The van der Waals surface area contributed by atoms with Crippen LogP contribution in [0.5, 0.6) is 0 Å². The van der Waals surface area contributed by atoms with Gasteiger partial charge in [-0.15, -0.1) is 0 Å². The SMILES string of the molecule is CCC(C(=O)O)(C(=O)O)C(C)(C)C.[Ba+2].[H-].[H-]. The van der Waals surface area contributed by atoms with Crippen molar-refractivity contribution >= 4 is 60.8 Å². The van der Waals surface area contributed by atoms with Gasteiger partial charge in [-0.3, -0.25) is 9.59 Å². The van der Waals surface area contributed by atoms with Crippen molar-refractivity contribution in [1.82, 2.24) is 0 Å². The Hall–Kier alpha value is 0.511. The number of aliphatic carboxylic acids is 2. The number of carbonyl (C=O) groups is 2. The molecule has 0 rings (SSSR count). The topological polar surface area (TPSA) is 74.6 Å². The summed E-state index contributed by atoms with van der Waals surface area (Å²) in [7, 11) is 0. The smallest absolute Gasteiger partial charge is 1.00 e. The molecular formula is C9H18BaO4. The normalized spacial score (nSPS) is 11.7. The molecule has 0 radical (unpaired) electrons. The zero-order valence-electron chi connectivity index (χ0n) is 11.1. The van der Waals surface area contributed by atoms with E-state index in [1.165, 1.54) is 0 Å². The molecule has 0 amide bonds. The van der Waals surface area contributed by atoms with E-state index >= 15 is 0 Å². The molecule has 0 spiro atoms. The van der Waals surface area contributed by atoms with Crippen LogP contribution in [0, 0.1) is 10.8 Å². The van der Waals surface area contributed by atoms with Gasteiger partial charge in [-0.05, 0) is 11.8 Å². The van der Waals surface area contributed by atoms with Crippen molar-refractivity contribution in [1.29, 1.82) is 0 Å². The third kappa shape index (κ3) is 2.76. The van der Waals surface area contributed by atoms with Crippen LogP contribution in [0.3, 0.4) is 0 Å². The van der Waals surface area contributed by atoms with Crippen LogP contribution in [0.1, 0.15) is 37.0 Å². The quantitative estimate of drug-likeness (QED) is 0.608. The molecule has 0 unspecified atom stereocenters. The number of carboxylic acid groups (broad SMARTS) is 2. The summed E-state index contributed by atoms with van der Waals surface area (Å²) in [5.41, 5.74) is -2.48. The van der Waals surface area contributed by atoms with Gasteiger partial charge in [0.1, 0.15) is 0 Å². The molecule has 0 aromatic carbocycles. The number of rotatable bonds is 3. The first-order chi connectivity index (χ1) is 5.70. The van der Waals surface area contributed by atoms with Crippen molar-refractivity contribution in [3.05, 3.63) is 0 Å². The molecule has 0 heterocycles. The van der Waals surface area contributed by atoms with Gasteiger partial charge >= 0.3 is 60.8 Å². The van der Waals surface area contributed by atoms with Crippen LogP contribution < -0.4 is 0 Å². The van der Waals surface area contributed by atoms with Crippen LogP contribution in [-0.2, 0) is 9.59 Å². The van der Waals surface area contributed by atoms with Crippen LogP contribution in [0.25, 0.3) is 0 Å². The maximum atomic E-state index is 11.0. The first kappa shape index (κ1) is 16.9. The summed E-state index contributed by atoms with van der Waals surface area (Å²) in [5, 5.41) is 17.9. The molecule has 0 bridgehead atoms. The molecule has 0 aromatic heterocycles. The molecule has 0 saturated carbocycles. The van der Waals surface area contributed by atoms with Gasteiger partial charge in [0.15, 0.2) is 5.41 Å². The summed E-state index contributed by atoms with van der Waals surface area (Å²) in [5.74, 6) is -2.54. The first-order valence-corrected chi connectivity index (χ1v) is 4.17. The fourth-order valence-electron chi connectivity index (χ4n) is 1.57. The van der Waals surface area contributed by atoms with E-state index in [2.05, 4.69) is 0 Å². The third-order valence-electron chi connectivity index (χ3n) is 2.54. The van der Waals surface area contributed by atoms with Gasteiger partial charge in [0.05, 0.1) is 0 Å². The van der Waals surface area contributed by atoms with Crippen LogP contribution in [-0.4, -0.2) is 71.0 Å². The average Bonchev–Trinajstić information content (AvgIpc) is 1.83. The van der Waals surface area contributed by atoms with Crippen LogP contribution in [0.2, 0.25) is 0 Å². The summed E-state index contributed by atoms with van der Waals surface area (Å²) < 4.78 is 0. The Bertz CT molecular complexity index is 224. The Kier molecular flexibility index (Phi) is 6.72. The molecule has 4 nitrogen and oxygen atoms in total. The van der Waals surface area contributed by atoms with E-state index in [0.29, 0.717) is 0 Å². The zero-order valence-corrected chi connectivity index (χ0v) is 13.6. The van der Waals surface area contributed by atoms with Crippen molar-refractivity contribution in [2.45, 2.75) is 34.1 Å². The summed E-state index contributed by atoms with van der Waals surface area (Å²) in [6, 6.07) is 0. The molecule has 0 atom stereocenters. The van der Waals surface area contributed by atoms with Crippen molar-refractivity contribution in [3.63, 3.8) is 0 Å². The Labute approximate surface area is 127 Å².